The molecule has 1 fully saturated rings. The molecule has 1 aliphatic rings. The number of ether oxygens (including phenoxy) is 1. The van der Waals surface area contributed by atoms with Crippen LogP contribution in [0.5, 0.6) is 5.75 Å². The first kappa shape index (κ1) is 28.7. The lowest BCUT2D eigenvalue weighted by atomic mass is 9.96. The van der Waals surface area contributed by atoms with Crippen LogP contribution in [0.3, 0.4) is 0 Å². The molecular formula is C33H35F2N3O3. The molecule has 0 spiro atoms. The van der Waals surface area contributed by atoms with E-state index in [1.807, 2.05) is 50.3 Å². The van der Waals surface area contributed by atoms with Gasteiger partial charge in [-0.1, -0.05) is 53.7 Å². The second-order valence-electron chi connectivity index (χ2n) is 10.4. The van der Waals surface area contributed by atoms with Gasteiger partial charge >= 0.3 is 0 Å². The molecule has 1 unspecified atom stereocenters. The zero-order valence-electron chi connectivity index (χ0n) is 23.3. The van der Waals surface area contributed by atoms with E-state index < -0.39 is 6.10 Å². The van der Waals surface area contributed by atoms with Crippen molar-refractivity contribution in [2.75, 3.05) is 39.3 Å². The lowest BCUT2D eigenvalue weighted by Gasteiger charge is -2.40. The van der Waals surface area contributed by atoms with E-state index in [2.05, 4.69) is 15.0 Å². The summed E-state index contributed by atoms with van der Waals surface area (Å²) >= 11 is 0. The van der Waals surface area contributed by atoms with Gasteiger partial charge in [-0.2, -0.15) is 0 Å². The largest absolute Gasteiger partial charge is 0.490 e. The van der Waals surface area contributed by atoms with E-state index >= 15 is 0 Å². The van der Waals surface area contributed by atoms with Crippen molar-refractivity contribution in [1.82, 2.24) is 15.0 Å². The standard InChI is InChI=1S/C33H35F2N3O3/c1-23-31(24(2)41-36-23)16-11-25-5-3-4-6-32(25)40-22-30(39)21-37-17-19-38(20-18-37)33(26-7-12-28(34)13-8-26)27-9-14-29(35)15-10-27/h3-16,30,33,39H,17-22H2,1-2H3/b16-11+. The molecule has 1 saturated heterocycles. The lowest BCUT2D eigenvalue weighted by Crippen LogP contribution is -2.50. The Balaban J connectivity index is 1.17. The minimum absolute atomic E-state index is 0.110. The van der Waals surface area contributed by atoms with Crippen molar-refractivity contribution >= 4 is 12.2 Å². The van der Waals surface area contributed by atoms with Gasteiger partial charge in [0.15, 0.2) is 0 Å². The van der Waals surface area contributed by atoms with Crippen molar-refractivity contribution < 1.29 is 23.1 Å². The van der Waals surface area contributed by atoms with Crippen LogP contribution in [-0.2, 0) is 0 Å². The number of hydrogen-bond donors (Lipinski definition) is 1. The van der Waals surface area contributed by atoms with Gasteiger partial charge in [-0.25, -0.2) is 8.78 Å². The van der Waals surface area contributed by atoms with Crippen molar-refractivity contribution in [3.05, 3.63) is 118 Å². The van der Waals surface area contributed by atoms with Gasteiger partial charge in [0.05, 0.1) is 11.7 Å². The molecule has 0 saturated carbocycles. The van der Waals surface area contributed by atoms with Crippen LogP contribution >= 0.6 is 0 Å². The van der Waals surface area contributed by atoms with E-state index in [0.29, 0.717) is 12.3 Å². The van der Waals surface area contributed by atoms with Crippen LogP contribution in [0.1, 0.15) is 39.7 Å². The number of aliphatic hydroxyl groups is 1. The number of para-hydroxylation sites is 1. The normalized spacial score (nSPS) is 15.6. The number of benzene rings is 3. The first-order valence-electron chi connectivity index (χ1n) is 13.9. The SMILES string of the molecule is Cc1noc(C)c1/C=C/c1ccccc1OCC(O)CN1CCN(C(c2ccc(F)cc2)c2ccc(F)cc2)CC1. The Morgan fingerprint density at radius 1 is 0.878 bits per heavy atom. The summed E-state index contributed by atoms with van der Waals surface area (Å²) in [5.41, 5.74) is 4.60. The minimum Gasteiger partial charge on any atom is -0.490 e. The zero-order valence-corrected chi connectivity index (χ0v) is 23.3. The molecule has 1 aromatic heterocycles. The summed E-state index contributed by atoms with van der Waals surface area (Å²) in [4.78, 5) is 4.54. The third kappa shape index (κ3) is 7.27. The summed E-state index contributed by atoms with van der Waals surface area (Å²) in [6.45, 7) is 7.46. The summed E-state index contributed by atoms with van der Waals surface area (Å²) in [7, 11) is 0. The third-order valence-corrected chi connectivity index (χ3v) is 7.48. The fraction of sp³-hybridized carbons (Fsp3) is 0.303. The Morgan fingerprint density at radius 2 is 1.49 bits per heavy atom. The molecular weight excluding hydrogens is 524 g/mol. The van der Waals surface area contributed by atoms with E-state index in [-0.39, 0.29) is 24.3 Å². The highest BCUT2D eigenvalue weighted by Crippen LogP contribution is 2.30. The maximum Gasteiger partial charge on any atom is 0.141 e. The Morgan fingerprint density at radius 3 is 2.07 bits per heavy atom. The molecule has 0 radical (unpaired) electrons. The van der Waals surface area contributed by atoms with E-state index in [4.69, 9.17) is 9.26 Å². The van der Waals surface area contributed by atoms with Gasteiger partial charge < -0.3 is 14.4 Å². The molecule has 5 rings (SSSR count). The van der Waals surface area contributed by atoms with Crippen molar-refractivity contribution in [1.29, 1.82) is 0 Å². The maximum atomic E-state index is 13.6. The molecule has 1 atom stereocenters. The van der Waals surface area contributed by atoms with Crippen molar-refractivity contribution in [3.8, 4) is 5.75 Å². The molecule has 0 bridgehead atoms. The molecule has 8 heteroatoms. The van der Waals surface area contributed by atoms with Gasteiger partial charge in [-0.3, -0.25) is 9.80 Å². The molecule has 1 aliphatic heterocycles. The Hall–Kier alpha value is -3.85. The summed E-state index contributed by atoms with van der Waals surface area (Å²) in [5, 5.41) is 14.8. The minimum atomic E-state index is -0.661. The number of nitrogens with zero attached hydrogens (tertiary/aromatic N) is 3. The van der Waals surface area contributed by atoms with Crippen LogP contribution in [0, 0.1) is 25.5 Å². The van der Waals surface area contributed by atoms with Crippen LogP contribution in [0.15, 0.2) is 77.3 Å². The van der Waals surface area contributed by atoms with Gasteiger partial charge in [-0.05, 0) is 61.4 Å². The fourth-order valence-corrected chi connectivity index (χ4v) is 5.30. The topological polar surface area (TPSA) is 62.0 Å². The maximum absolute atomic E-state index is 13.6. The van der Waals surface area contributed by atoms with Gasteiger partial charge in [0.1, 0.15) is 35.9 Å². The Kier molecular flexibility index (Phi) is 9.24. The van der Waals surface area contributed by atoms with E-state index in [1.165, 1.54) is 24.3 Å². The van der Waals surface area contributed by atoms with Crippen LogP contribution in [0.25, 0.3) is 12.2 Å². The van der Waals surface area contributed by atoms with Gasteiger partial charge in [0, 0.05) is 43.9 Å². The van der Waals surface area contributed by atoms with Gasteiger partial charge in [0.25, 0.3) is 0 Å². The lowest BCUT2D eigenvalue weighted by molar-refractivity contribution is 0.0400. The highest BCUT2D eigenvalue weighted by molar-refractivity contribution is 5.73. The molecule has 0 amide bonds. The number of halogens is 2. The number of aliphatic hydroxyl groups excluding tert-OH is 1. The quantitative estimate of drug-likeness (QED) is 0.262. The summed E-state index contributed by atoms with van der Waals surface area (Å²) in [6, 6.07) is 20.6. The Bertz CT molecular complexity index is 1380. The predicted octanol–water partition coefficient (Wildman–Crippen LogP) is 5.89. The summed E-state index contributed by atoms with van der Waals surface area (Å²) < 4.78 is 38.5. The molecule has 41 heavy (non-hydrogen) atoms. The smallest absolute Gasteiger partial charge is 0.141 e. The molecule has 3 aromatic carbocycles. The van der Waals surface area contributed by atoms with Crippen LogP contribution in [0.2, 0.25) is 0 Å². The summed E-state index contributed by atoms with van der Waals surface area (Å²) in [6.07, 6.45) is 3.27. The number of piperazine rings is 1. The first-order valence-corrected chi connectivity index (χ1v) is 13.9. The number of β-amino-alcohol motifs (C(OH)–C–C–N with tert-alkyl or cyclic N) is 1. The van der Waals surface area contributed by atoms with Gasteiger partial charge in [0.2, 0.25) is 0 Å². The fourth-order valence-electron chi connectivity index (χ4n) is 5.30. The number of rotatable bonds is 10. The Labute approximate surface area is 239 Å². The second-order valence-corrected chi connectivity index (χ2v) is 10.4. The van der Waals surface area contributed by atoms with Crippen molar-refractivity contribution in [3.63, 3.8) is 0 Å². The van der Waals surface area contributed by atoms with Crippen molar-refractivity contribution in [2.45, 2.75) is 26.0 Å². The molecule has 6 nitrogen and oxygen atoms in total. The van der Waals surface area contributed by atoms with E-state index in [1.54, 1.807) is 24.3 Å². The molecule has 4 aromatic rings. The monoisotopic (exact) mass is 559 g/mol. The number of aromatic nitrogens is 1. The zero-order chi connectivity index (χ0) is 28.8. The van der Waals surface area contributed by atoms with Crippen LogP contribution in [0.4, 0.5) is 8.78 Å². The van der Waals surface area contributed by atoms with Gasteiger partial charge in [-0.15, -0.1) is 0 Å². The highest BCUT2D eigenvalue weighted by Gasteiger charge is 2.27. The second kappa shape index (κ2) is 13.2. The number of hydrogen-bond acceptors (Lipinski definition) is 6. The van der Waals surface area contributed by atoms with Crippen LogP contribution < -0.4 is 4.74 Å². The van der Waals surface area contributed by atoms with Crippen LogP contribution in [-0.4, -0.2) is 65.5 Å². The highest BCUT2D eigenvalue weighted by atomic mass is 19.1. The van der Waals surface area contributed by atoms with E-state index in [9.17, 15) is 13.9 Å². The molecule has 2 heterocycles. The average molecular weight is 560 g/mol. The number of aryl methyl sites for hydroxylation is 2. The van der Waals surface area contributed by atoms with E-state index in [0.717, 1.165) is 59.9 Å². The molecule has 214 valence electrons. The predicted molar refractivity (Wildman–Crippen MR) is 156 cm³/mol. The summed E-state index contributed by atoms with van der Waals surface area (Å²) in [5.74, 6) is 0.883. The molecule has 1 N–H and O–H groups in total. The first-order chi connectivity index (χ1) is 19.9. The average Bonchev–Trinajstić information content (AvgIpc) is 3.30. The molecule has 0 aliphatic carbocycles. The third-order valence-electron chi connectivity index (χ3n) is 7.48. The van der Waals surface area contributed by atoms with Crippen molar-refractivity contribution in [2.24, 2.45) is 0 Å².